The largest absolute Gasteiger partial charge is 0.278 e. The summed E-state index contributed by atoms with van der Waals surface area (Å²) >= 11 is 0. The van der Waals surface area contributed by atoms with E-state index in [2.05, 4.69) is 150 Å². The van der Waals surface area contributed by atoms with Gasteiger partial charge in [0, 0.05) is 21.9 Å². The number of benzene rings is 8. The molecular weight excluding hydrogens is 721 g/mol. The number of nitrogens with zero attached hydrogens (tertiary/aromatic N) is 4. The summed E-state index contributed by atoms with van der Waals surface area (Å²) in [5.74, 6) is 0.579. The van der Waals surface area contributed by atoms with Crippen LogP contribution in [0.25, 0.3) is 61.0 Å². The van der Waals surface area contributed by atoms with Crippen molar-refractivity contribution in [1.29, 1.82) is 0 Å². The zero-order valence-corrected chi connectivity index (χ0v) is 31.8. The van der Waals surface area contributed by atoms with E-state index in [4.69, 9.17) is 9.97 Å². The summed E-state index contributed by atoms with van der Waals surface area (Å²) in [7, 11) is 0. The molecule has 0 bridgehead atoms. The number of pyridine rings is 1. The monoisotopic (exact) mass is 754 g/mol. The zero-order valence-electron chi connectivity index (χ0n) is 31.8. The van der Waals surface area contributed by atoms with Crippen LogP contribution in [0.1, 0.15) is 22.3 Å². The minimum atomic E-state index is -0.836. The van der Waals surface area contributed by atoms with Crippen molar-refractivity contribution in [1.82, 2.24) is 14.5 Å². The third-order valence-corrected chi connectivity index (χ3v) is 12.2. The SMILES string of the molecule is O=c1c2ccccc2c2cccc3c2n1-c1ccc(-c2ccccc2)cc1C31c2ccccc2N(c2nc(-c3ccccc3)cc(-c3ccccc3)n2)c2ccccc21. The van der Waals surface area contributed by atoms with E-state index in [1.54, 1.807) is 0 Å². The predicted molar refractivity (Wildman–Crippen MR) is 239 cm³/mol. The number of hydrogen-bond donors (Lipinski definition) is 0. The van der Waals surface area contributed by atoms with Gasteiger partial charge in [-0.1, -0.05) is 170 Å². The van der Waals surface area contributed by atoms with E-state index >= 15 is 0 Å². The standard InChI is InChI=1S/C54H34N4O/c59-52-41-24-11-10-23-39(41)40-25-16-28-44-51(40)58(52)50-32-31-38(35-17-4-1-5-18-35)33-45(50)54(44)42-26-12-14-29-48(42)57(49-30-15-13-27-43(49)54)53-55-46(36-19-6-2-7-20-36)34-47(56-53)37-21-8-3-9-22-37/h1-34H. The molecule has 0 saturated heterocycles. The van der Waals surface area contributed by atoms with E-state index < -0.39 is 5.41 Å². The van der Waals surface area contributed by atoms with Gasteiger partial charge in [-0.05, 0) is 75.2 Å². The van der Waals surface area contributed by atoms with Gasteiger partial charge in [0.15, 0.2) is 0 Å². The van der Waals surface area contributed by atoms with Gasteiger partial charge in [0.05, 0.1) is 39.4 Å². The highest BCUT2D eigenvalue weighted by molar-refractivity contribution is 6.09. The molecule has 0 radical (unpaired) electrons. The summed E-state index contributed by atoms with van der Waals surface area (Å²) in [4.78, 5) is 27.9. The quantitative estimate of drug-likeness (QED) is 0.168. The Morgan fingerprint density at radius 2 is 0.881 bits per heavy atom. The third-order valence-electron chi connectivity index (χ3n) is 12.2. The number of rotatable bonds is 4. The Morgan fingerprint density at radius 1 is 0.373 bits per heavy atom. The molecule has 0 aliphatic carbocycles. The Bertz CT molecular complexity index is 3250. The van der Waals surface area contributed by atoms with Crippen LogP contribution in [-0.2, 0) is 5.41 Å². The molecule has 59 heavy (non-hydrogen) atoms. The summed E-state index contributed by atoms with van der Waals surface area (Å²) < 4.78 is 1.97. The molecule has 8 aromatic carbocycles. The van der Waals surface area contributed by atoms with Crippen molar-refractivity contribution in [3.63, 3.8) is 0 Å². The lowest BCUT2D eigenvalue weighted by atomic mass is 9.60. The van der Waals surface area contributed by atoms with Gasteiger partial charge >= 0.3 is 0 Å². The molecule has 4 heterocycles. The Morgan fingerprint density at radius 3 is 1.51 bits per heavy atom. The van der Waals surface area contributed by atoms with Crippen LogP contribution in [-0.4, -0.2) is 14.5 Å². The predicted octanol–water partition coefficient (Wildman–Crippen LogP) is 12.4. The minimum absolute atomic E-state index is 0.0253. The molecule has 5 nitrogen and oxygen atoms in total. The Balaban J connectivity index is 1.22. The van der Waals surface area contributed by atoms with Gasteiger partial charge in [0.2, 0.25) is 5.95 Å². The smallest absolute Gasteiger partial charge is 0.263 e. The molecule has 276 valence electrons. The zero-order chi connectivity index (χ0) is 39.1. The van der Waals surface area contributed by atoms with Crippen LogP contribution in [0.5, 0.6) is 0 Å². The lowest BCUT2D eigenvalue weighted by Gasteiger charge is -2.48. The molecule has 0 atom stereocenters. The van der Waals surface area contributed by atoms with Gasteiger partial charge in [-0.25, -0.2) is 9.97 Å². The summed E-state index contributed by atoms with van der Waals surface area (Å²) in [5.41, 5.74) is 13.0. The molecule has 0 unspecified atom stereocenters. The molecule has 0 amide bonds. The maximum absolute atomic E-state index is 14.9. The van der Waals surface area contributed by atoms with Crippen LogP contribution < -0.4 is 10.5 Å². The second-order valence-electron chi connectivity index (χ2n) is 15.3. The second kappa shape index (κ2) is 12.8. The molecule has 12 rings (SSSR count). The maximum atomic E-state index is 14.9. The lowest BCUT2D eigenvalue weighted by molar-refractivity contribution is 0.707. The van der Waals surface area contributed by atoms with Crippen LogP contribution in [0.2, 0.25) is 0 Å². The molecule has 10 aromatic rings. The first-order chi connectivity index (χ1) is 29.2. The van der Waals surface area contributed by atoms with Crippen LogP contribution in [0.15, 0.2) is 211 Å². The molecule has 0 fully saturated rings. The fraction of sp³-hybridized carbons (Fsp3) is 0.0185. The van der Waals surface area contributed by atoms with E-state index in [1.165, 1.54) is 0 Å². The molecule has 0 N–H and O–H groups in total. The fourth-order valence-corrected chi connectivity index (χ4v) is 9.74. The van der Waals surface area contributed by atoms with Crippen LogP contribution in [0, 0.1) is 0 Å². The number of para-hydroxylation sites is 3. The van der Waals surface area contributed by atoms with Crippen molar-refractivity contribution in [3.05, 3.63) is 239 Å². The van der Waals surface area contributed by atoms with E-state index in [9.17, 15) is 4.79 Å². The summed E-state index contributed by atoms with van der Waals surface area (Å²) in [6.45, 7) is 0. The van der Waals surface area contributed by atoms with Gasteiger partial charge in [-0.15, -0.1) is 0 Å². The van der Waals surface area contributed by atoms with Crippen LogP contribution in [0.4, 0.5) is 17.3 Å². The van der Waals surface area contributed by atoms with Gasteiger partial charge in [0.1, 0.15) is 0 Å². The Hall–Kier alpha value is -7.89. The van der Waals surface area contributed by atoms with Crippen molar-refractivity contribution >= 4 is 39.0 Å². The van der Waals surface area contributed by atoms with E-state index in [-0.39, 0.29) is 5.56 Å². The normalized spacial score (nSPS) is 13.3. The summed E-state index contributed by atoms with van der Waals surface area (Å²) in [6, 6.07) is 71.8. The molecule has 5 heteroatoms. The Labute approximate surface area is 340 Å². The fourth-order valence-electron chi connectivity index (χ4n) is 9.74. The molecule has 1 spiro atoms. The highest BCUT2D eigenvalue weighted by Gasteiger charge is 2.51. The van der Waals surface area contributed by atoms with Gasteiger partial charge in [0.25, 0.3) is 5.56 Å². The van der Waals surface area contributed by atoms with Crippen LogP contribution >= 0.6 is 0 Å². The number of hydrogen-bond acceptors (Lipinski definition) is 4. The van der Waals surface area contributed by atoms with E-state index in [1.807, 2.05) is 65.2 Å². The maximum Gasteiger partial charge on any atom is 0.263 e. The minimum Gasteiger partial charge on any atom is -0.278 e. The van der Waals surface area contributed by atoms with Crippen molar-refractivity contribution < 1.29 is 0 Å². The highest BCUT2D eigenvalue weighted by atomic mass is 16.1. The van der Waals surface area contributed by atoms with Crippen molar-refractivity contribution in [3.8, 4) is 39.3 Å². The average molecular weight is 755 g/mol. The van der Waals surface area contributed by atoms with Crippen molar-refractivity contribution in [2.75, 3.05) is 4.90 Å². The Kier molecular flexibility index (Phi) is 7.23. The van der Waals surface area contributed by atoms with Crippen molar-refractivity contribution in [2.45, 2.75) is 5.41 Å². The molecule has 2 aliphatic rings. The molecule has 2 aromatic heterocycles. The lowest BCUT2D eigenvalue weighted by Crippen LogP contribution is -2.42. The topological polar surface area (TPSA) is 51.0 Å². The molecule has 2 aliphatic heterocycles. The highest BCUT2D eigenvalue weighted by Crippen LogP contribution is 2.61. The van der Waals surface area contributed by atoms with Gasteiger partial charge in [-0.2, -0.15) is 0 Å². The number of fused-ring (bicyclic) bond motifs is 10. The van der Waals surface area contributed by atoms with E-state index in [0.717, 1.165) is 89.2 Å². The second-order valence-corrected chi connectivity index (χ2v) is 15.3. The third kappa shape index (κ3) is 4.76. The summed E-state index contributed by atoms with van der Waals surface area (Å²) in [6.07, 6.45) is 0. The van der Waals surface area contributed by atoms with Crippen molar-refractivity contribution in [2.24, 2.45) is 0 Å². The van der Waals surface area contributed by atoms with Gasteiger partial charge in [-0.3, -0.25) is 14.3 Å². The van der Waals surface area contributed by atoms with E-state index in [0.29, 0.717) is 11.3 Å². The summed E-state index contributed by atoms with van der Waals surface area (Å²) in [5, 5.41) is 2.69. The first-order valence-electron chi connectivity index (χ1n) is 20.0. The molecular formula is C54H34N4O. The number of aromatic nitrogens is 3. The molecule has 0 saturated carbocycles. The first kappa shape index (κ1) is 33.3. The van der Waals surface area contributed by atoms with Gasteiger partial charge < -0.3 is 0 Å². The average Bonchev–Trinajstić information content (AvgIpc) is 3.31. The number of anilines is 3. The first-order valence-corrected chi connectivity index (χ1v) is 20.0. The van der Waals surface area contributed by atoms with Crippen LogP contribution in [0.3, 0.4) is 0 Å².